The van der Waals surface area contributed by atoms with Gasteiger partial charge in [0, 0.05) is 18.8 Å². The highest BCUT2D eigenvalue weighted by atomic mass is 19.1. The second kappa shape index (κ2) is 8.80. The Balaban J connectivity index is 2.34. The minimum absolute atomic E-state index is 0.254. The summed E-state index contributed by atoms with van der Waals surface area (Å²) in [4.78, 5) is 24.2. The van der Waals surface area contributed by atoms with Gasteiger partial charge in [0.1, 0.15) is 17.3 Å². The lowest BCUT2D eigenvalue weighted by molar-refractivity contribution is -0.116. The SMILES string of the molecule is C=C/C(=C\C(=O)NC)NC(=O)c1cc(C)ccc1Oc1ccc(F)cc1C. The molecule has 0 aliphatic heterocycles. The van der Waals surface area contributed by atoms with Crippen molar-refractivity contribution in [3.8, 4) is 11.5 Å². The van der Waals surface area contributed by atoms with Gasteiger partial charge in [0.15, 0.2) is 0 Å². The third-order valence-corrected chi connectivity index (χ3v) is 3.75. The van der Waals surface area contributed by atoms with Gasteiger partial charge in [-0.1, -0.05) is 18.2 Å². The maximum Gasteiger partial charge on any atom is 0.259 e. The van der Waals surface area contributed by atoms with Crippen molar-refractivity contribution in [2.45, 2.75) is 13.8 Å². The number of amides is 2. The summed E-state index contributed by atoms with van der Waals surface area (Å²) in [6.45, 7) is 7.16. The van der Waals surface area contributed by atoms with Gasteiger partial charge in [-0.15, -0.1) is 0 Å². The molecular formula is C21H21FN2O3. The lowest BCUT2D eigenvalue weighted by Gasteiger charge is -2.14. The molecule has 0 saturated heterocycles. The first-order valence-corrected chi connectivity index (χ1v) is 8.26. The highest BCUT2D eigenvalue weighted by Crippen LogP contribution is 2.29. The van der Waals surface area contributed by atoms with Crippen molar-refractivity contribution >= 4 is 11.8 Å². The Morgan fingerprint density at radius 1 is 1.11 bits per heavy atom. The molecule has 0 aliphatic rings. The predicted octanol–water partition coefficient (Wildman–Crippen LogP) is 3.78. The lowest BCUT2D eigenvalue weighted by Crippen LogP contribution is -2.25. The Labute approximate surface area is 157 Å². The number of halogens is 1. The topological polar surface area (TPSA) is 67.4 Å². The van der Waals surface area contributed by atoms with Crippen molar-refractivity contribution in [1.29, 1.82) is 0 Å². The molecule has 0 unspecified atom stereocenters. The summed E-state index contributed by atoms with van der Waals surface area (Å²) in [6.07, 6.45) is 2.60. The zero-order valence-corrected chi connectivity index (χ0v) is 15.4. The Morgan fingerprint density at radius 3 is 2.44 bits per heavy atom. The van der Waals surface area contributed by atoms with Gasteiger partial charge in [-0.3, -0.25) is 9.59 Å². The predicted molar refractivity (Wildman–Crippen MR) is 102 cm³/mol. The van der Waals surface area contributed by atoms with Crippen molar-refractivity contribution in [1.82, 2.24) is 10.6 Å². The molecule has 2 N–H and O–H groups in total. The van der Waals surface area contributed by atoms with Crippen LogP contribution in [-0.4, -0.2) is 18.9 Å². The number of nitrogens with one attached hydrogen (secondary N) is 2. The van der Waals surface area contributed by atoms with E-state index in [1.165, 1.54) is 37.4 Å². The molecule has 0 aliphatic carbocycles. The quantitative estimate of drug-likeness (QED) is 0.602. The first kappa shape index (κ1) is 19.9. The number of allylic oxidation sites excluding steroid dienone is 1. The fraction of sp³-hybridized carbons (Fsp3) is 0.143. The van der Waals surface area contributed by atoms with E-state index in [4.69, 9.17) is 4.74 Å². The number of benzene rings is 2. The molecule has 0 atom stereocenters. The van der Waals surface area contributed by atoms with Crippen LogP contribution in [0, 0.1) is 19.7 Å². The highest BCUT2D eigenvalue weighted by Gasteiger charge is 2.15. The zero-order chi connectivity index (χ0) is 20.0. The molecular weight excluding hydrogens is 347 g/mol. The molecule has 0 aromatic heterocycles. The fourth-order valence-corrected chi connectivity index (χ4v) is 2.31. The smallest absolute Gasteiger partial charge is 0.259 e. The summed E-state index contributed by atoms with van der Waals surface area (Å²) in [5, 5.41) is 5.07. The molecule has 0 heterocycles. The Morgan fingerprint density at radius 2 is 1.81 bits per heavy atom. The summed E-state index contributed by atoms with van der Waals surface area (Å²) in [6, 6.07) is 9.29. The Kier molecular flexibility index (Phi) is 6.49. The highest BCUT2D eigenvalue weighted by molar-refractivity contribution is 5.99. The van der Waals surface area contributed by atoms with Gasteiger partial charge in [0.2, 0.25) is 5.91 Å². The summed E-state index contributed by atoms with van der Waals surface area (Å²) in [5.41, 5.74) is 2.00. The van der Waals surface area contributed by atoms with Crippen molar-refractivity contribution in [3.05, 3.63) is 83.3 Å². The molecule has 140 valence electrons. The summed E-state index contributed by atoms with van der Waals surface area (Å²) >= 11 is 0. The number of aryl methyl sites for hydroxylation is 2. The van der Waals surface area contributed by atoms with Crippen LogP contribution in [0.3, 0.4) is 0 Å². The van der Waals surface area contributed by atoms with E-state index >= 15 is 0 Å². The average molecular weight is 368 g/mol. The van der Waals surface area contributed by atoms with Gasteiger partial charge in [-0.05, 0) is 55.8 Å². The van der Waals surface area contributed by atoms with Gasteiger partial charge in [-0.25, -0.2) is 4.39 Å². The van der Waals surface area contributed by atoms with E-state index in [1.807, 2.05) is 6.92 Å². The van der Waals surface area contributed by atoms with Crippen LogP contribution < -0.4 is 15.4 Å². The third-order valence-electron chi connectivity index (χ3n) is 3.75. The second-order valence-electron chi connectivity index (χ2n) is 5.88. The number of hydrogen-bond acceptors (Lipinski definition) is 3. The molecule has 2 amide bonds. The first-order chi connectivity index (χ1) is 12.8. The van der Waals surface area contributed by atoms with Gasteiger partial charge in [0.05, 0.1) is 5.56 Å². The van der Waals surface area contributed by atoms with Crippen molar-refractivity contribution in [3.63, 3.8) is 0 Å². The normalized spacial score (nSPS) is 10.9. The standard InChI is InChI=1S/C21H21FN2O3/c1-5-16(12-20(25)23-4)24-21(26)17-10-13(2)6-8-19(17)27-18-9-7-15(22)11-14(18)3/h5-12H,1H2,2-4H3,(H,23,25)(H,24,26)/b16-12+. The van der Waals surface area contributed by atoms with Crippen LogP contribution in [0.2, 0.25) is 0 Å². The number of carbonyl (C=O) groups is 2. The number of rotatable bonds is 6. The van der Waals surface area contributed by atoms with Crippen LogP contribution in [0.15, 0.2) is 60.8 Å². The fourth-order valence-electron chi connectivity index (χ4n) is 2.31. The van der Waals surface area contributed by atoms with E-state index in [0.717, 1.165) is 5.56 Å². The summed E-state index contributed by atoms with van der Waals surface area (Å²) in [5.74, 6) is -0.427. The monoisotopic (exact) mass is 368 g/mol. The first-order valence-electron chi connectivity index (χ1n) is 8.26. The number of hydrogen-bond donors (Lipinski definition) is 2. The van der Waals surface area contributed by atoms with Crippen LogP contribution in [0.1, 0.15) is 21.5 Å². The molecule has 2 rings (SSSR count). The van der Waals surface area contributed by atoms with Crippen molar-refractivity contribution < 1.29 is 18.7 Å². The average Bonchev–Trinajstić information content (AvgIpc) is 2.64. The van der Waals surface area contributed by atoms with Gasteiger partial charge >= 0.3 is 0 Å². The minimum atomic E-state index is -0.455. The third kappa shape index (κ3) is 5.28. The molecule has 0 bridgehead atoms. The van der Waals surface area contributed by atoms with Gasteiger partial charge < -0.3 is 15.4 Å². The summed E-state index contributed by atoms with van der Waals surface area (Å²) in [7, 11) is 1.49. The van der Waals surface area contributed by atoms with E-state index in [0.29, 0.717) is 17.1 Å². The summed E-state index contributed by atoms with van der Waals surface area (Å²) < 4.78 is 19.1. The van der Waals surface area contributed by atoms with Crippen molar-refractivity contribution in [2.75, 3.05) is 7.05 Å². The molecule has 0 saturated carbocycles. The maximum absolute atomic E-state index is 13.3. The van der Waals surface area contributed by atoms with E-state index in [1.54, 1.807) is 25.1 Å². The van der Waals surface area contributed by atoms with Crippen LogP contribution in [-0.2, 0) is 4.79 Å². The minimum Gasteiger partial charge on any atom is -0.456 e. The lowest BCUT2D eigenvalue weighted by atomic mass is 10.1. The van der Waals surface area contributed by atoms with Crippen molar-refractivity contribution in [2.24, 2.45) is 0 Å². The van der Waals surface area contributed by atoms with Gasteiger partial charge in [-0.2, -0.15) is 0 Å². The van der Waals surface area contributed by atoms with Crippen LogP contribution in [0.25, 0.3) is 0 Å². The number of ether oxygens (including phenoxy) is 1. The van der Waals surface area contributed by atoms with Crippen LogP contribution in [0.5, 0.6) is 11.5 Å². The molecule has 0 fully saturated rings. The molecule has 0 radical (unpaired) electrons. The number of likely N-dealkylation sites (N-methyl/N-ethyl adjacent to an activating group) is 1. The van der Waals surface area contributed by atoms with Gasteiger partial charge in [0.25, 0.3) is 5.91 Å². The second-order valence-corrected chi connectivity index (χ2v) is 5.88. The largest absolute Gasteiger partial charge is 0.456 e. The molecule has 2 aromatic carbocycles. The van der Waals surface area contributed by atoms with E-state index < -0.39 is 5.91 Å². The molecule has 5 nitrogen and oxygen atoms in total. The maximum atomic E-state index is 13.3. The van der Waals surface area contributed by atoms with Crippen LogP contribution in [0.4, 0.5) is 4.39 Å². The molecule has 2 aromatic rings. The Bertz CT molecular complexity index is 920. The zero-order valence-electron chi connectivity index (χ0n) is 15.4. The molecule has 27 heavy (non-hydrogen) atoms. The Hall–Kier alpha value is -3.41. The van der Waals surface area contributed by atoms with E-state index in [2.05, 4.69) is 17.2 Å². The molecule has 0 spiro atoms. The van der Waals surface area contributed by atoms with Crippen LogP contribution >= 0.6 is 0 Å². The van der Waals surface area contributed by atoms with E-state index in [9.17, 15) is 14.0 Å². The number of carbonyl (C=O) groups excluding carboxylic acids is 2. The molecule has 6 heteroatoms. The van der Waals surface area contributed by atoms with E-state index in [-0.39, 0.29) is 23.0 Å².